The molecule has 7 heteroatoms. The molecule has 0 aromatic carbocycles. The second kappa shape index (κ2) is 4.04. The van der Waals surface area contributed by atoms with Crippen LogP contribution in [0.4, 0.5) is 5.82 Å². The maximum Gasteiger partial charge on any atom is 0.234 e. The highest BCUT2D eigenvalue weighted by Gasteiger charge is 2.10. The Morgan fingerprint density at radius 2 is 2.00 bits per heavy atom. The molecule has 19 heavy (non-hydrogen) atoms. The third-order valence-corrected chi connectivity index (χ3v) is 3.14. The Kier molecular flexibility index (Phi) is 2.48. The summed E-state index contributed by atoms with van der Waals surface area (Å²) in [5, 5.41) is 7.83. The number of anilines is 1. The number of hydrogen-bond donors (Lipinski definition) is 1. The monoisotopic (exact) mass is 257 g/mol. The van der Waals surface area contributed by atoms with Crippen LogP contribution in [-0.2, 0) is 6.54 Å². The van der Waals surface area contributed by atoms with Crippen molar-refractivity contribution in [1.82, 2.24) is 29.4 Å². The molecule has 0 amide bonds. The van der Waals surface area contributed by atoms with E-state index in [-0.39, 0.29) is 0 Å². The molecule has 3 aromatic heterocycles. The summed E-state index contributed by atoms with van der Waals surface area (Å²) in [4.78, 5) is 8.91. The van der Waals surface area contributed by atoms with Crippen molar-refractivity contribution < 1.29 is 0 Å². The Labute approximate surface area is 110 Å². The van der Waals surface area contributed by atoms with E-state index in [1.807, 2.05) is 37.4 Å². The first-order valence-corrected chi connectivity index (χ1v) is 6.02. The van der Waals surface area contributed by atoms with Gasteiger partial charge in [-0.15, -0.1) is 5.10 Å². The molecule has 0 aliphatic rings. The van der Waals surface area contributed by atoms with Gasteiger partial charge < -0.3 is 5.73 Å². The number of nitrogens with two attached hydrogens (primary N) is 1. The molecule has 0 radical (unpaired) electrons. The van der Waals surface area contributed by atoms with Crippen LogP contribution in [0.3, 0.4) is 0 Å². The highest BCUT2D eigenvalue weighted by Crippen LogP contribution is 2.11. The molecule has 3 heterocycles. The Bertz CT molecular complexity index is 753. The Balaban J connectivity index is 2.02. The third kappa shape index (κ3) is 1.92. The lowest BCUT2D eigenvalue weighted by Gasteiger charge is -1.99. The Hall–Kier alpha value is -2.44. The number of nitrogen functional groups attached to an aromatic ring is 1. The summed E-state index contributed by atoms with van der Waals surface area (Å²) in [6, 6.07) is 2.02. The van der Waals surface area contributed by atoms with Crippen molar-refractivity contribution in [2.24, 2.45) is 0 Å². The van der Waals surface area contributed by atoms with E-state index in [1.165, 1.54) is 0 Å². The molecule has 0 saturated heterocycles. The van der Waals surface area contributed by atoms with Gasteiger partial charge in [-0.3, -0.25) is 4.40 Å². The predicted octanol–water partition coefficient (Wildman–Crippen LogP) is 0.877. The molecule has 0 fully saturated rings. The van der Waals surface area contributed by atoms with Gasteiger partial charge in [-0.25, -0.2) is 14.6 Å². The largest absolute Gasteiger partial charge is 0.381 e. The minimum atomic E-state index is 0.453. The van der Waals surface area contributed by atoms with Crippen molar-refractivity contribution in [3.05, 3.63) is 35.0 Å². The topological polar surface area (TPSA) is 86.9 Å². The normalized spacial score (nSPS) is 11.3. The average molecular weight is 257 g/mol. The van der Waals surface area contributed by atoms with E-state index in [1.54, 1.807) is 4.68 Å². The molecular formula is C12H15N7. The number of fused-ring (bicyclic) bond motifs is 1. The quantitative estimate of drug-likeness (QED) is 0.736. The van der Waals surface area contributed by atoms with E-state index in [9.17, 15) is 0 Å². The van der Waals surface area contributed by atoms with E-state index in [0.717, 1.165) is 22.8 Å². The van der Waals surface area contributed by atoms with Gasteiger partial charge in [0.1, 0.15) is 0 Å². The fourth-order valence-electron chi connectivity index (χ4n) is 2.07. The van der Waals surface area contributed by atoms with E-state index < -0.39 is 0 Å². The summed E-state index contributed by atoms with van der Waals surface area (Å²) in [5.41, 5.74) is 9.48. The second-order valence-electron chi connectivity index (χ2n) is 4.66. The first-order chi connectivity index (χ1) is 9.04. The standard InChI is InChI=1S/C12H15N7/c1-7-4-8(2)18-5-10(15-12(18)14-7)6-19-9(3)11(13)16-17-19/h4-5H,6,13H2,1-3H3. The highest BCUT2D eigenvalue weighted by molar-refractivity contribution is 5.35. The fraction of sp³-hybridized carbons (Fsp3) is 0.333. The van der Waals surface area contributed by atoms with Crippen LogP contribution in [0.25, 0.3) is 5.78 Å². The minimum absolute atomic E-state index is 0.453. The number of aromatic nitrogens is 6. The minimum Gasteiger partial charge on any atom is -0.381 e. The van der Waals surface area contributed by atoms with E-state index >= 15 is 0 Å². The van der Waals surface area contributed by atoms with Crippen LogP contribution in [0, 0.1) is 20.8 Å². The van der Waals surface area contributed by atoms with Gasteiger partial charge in [0.05, 0.1) is 17.9 Å². The Morgan fingerprint density at radius 3 is 2.68 bits per heavy atom. The SMILES string of the molecule is Cc1cc(C)n2cc(Cn3nnc(N)c3C)nc2n1. The molecule has 0 atom stereocenters. The van der Waals surface area contributed by atoms with Crippen molar-refractivity contribution >= 4 is 11.6 Å². The van der Waals surface area contributed by atoms with Gasteiger partial charge in [0, 0.05) is 17.6 Å². The van der Waals surface area contributed by atoms with E-state index in [4.69, 9.17) is 5.73 Å². The molecule has 0 saturated carbocycles. The van der Waals surface area contributed by atoms with Crippen molar-refractivity contribution in [3.63, 3.8) is 0 Å². The zero-order valence-corrected chi connectivity index (χ0v) is 11.1. The lowest BCUT2D eigenvalue weighted by molar-refractivity contribution is 0.625. The fourth-order valence-corrected chi connectivity index (χ4v) is 2.07. The maximum atomic E-state index is 5.68. The first kappa shape index (κ1) is 11.6. The summed E-state index contributed by atoms with van der Waals surface area (Å²) in [6.45, 7) is 6.42. The summed E-state index contributed by atoms with van der Waals surface area (Å²) >= 11 is 0. The van der Waals surface area contributed by atoms with Gasteiger partial charge in [0.25, 0.3) is 0 Å². The molecule has 3 rings (SSSR count). The molecular weight excluding hydrogens is 242 g/mol. The lowest BCUT2D eigenvalue weighted by Crippen LogP contribution is -2.04. The molecule has 2 N–H and O–H groups in total. The van der Waals surface area contributed by atoms with Crippen LogP contribution >= 0.6 is 0 Å². The summed E-state index contributed by atoms with van der Waals surface area (Å²) < 4.78 is 3.71. The van der Waals surface area contributed by atoms with Gasteiger partial charge in [-0.05, 0) is 26.8 Å². The third-order valence-electron chi connectivity index (χ3n) is 3.14. The van der Waals surface area contributed by atoms with Gasteiger partial charge in [-0.2, -0.15) is 0 Å². The number of hydrogen-bond acceptors (Lipinski definition) is 5. The summed E-state index contributed by atoms with van der Waals surface area (Å²) in [6.07, 6.45) is 1.97. The molecule has 98 valence electrons. The highest BCUT2D eigenvalue weighted by atomic mass is 15.4. The average Bonchev–Trinajstić information content (AvgIpc) is 2.88. The van der Waals surface area contributed by atoms with E-state index in [0.29, 0.717) is 18.1 Å². The smallest absolute Gasteiger partial charge is 0.234 e. The van der Waals surface area contributed by atoms with Crippen LogP contribution in [0.15, 0.2) is 12.3 Å². The predicted molar refractivity (Wildman–Crippen MR) is 70.7 cm³/mol. The maximum absolute atomic E-state index is 5.68. The van der Waals surface area contributed by atoms with Crippen molar-refractivity contribution in [1.29, 1.82) is 0 Å². The van der Waals surface area contributed by atoms with Crippen LogP contribution in [0.1, 0.15) is 22.8 Å². The lowest BCUT2D eigenvalue weighted by atomic mass is 10.3. The van der Waals surface area contributed by atoms with Crippen LogP contribution in [-0.4, -0.2) is 29.4 Å². The van der Waals surface area contributed by atoms with Crippen LogP contribution in [0.5, 0.6) is 0 Å². The number of rotatable bonds is 2. The van der Waals surface area contributed by atoms with Crippen LogP contribution in [0.2, 0.25) is 0 Å². The zero-order chi connectivity index (χ0) is 13.6. The Morgan fingerprint density at radius 1 is 1.21 bits per heavy atom. The molecule has 0 bridgehead atoms. The molecule has 0 aliphatic carbocycles. The molecule has 3 aromatic rings. The van der Waals surface area contributed by atoms with E-state index in [2.05, 4.69) is 20.3 Å². The number of nitrogens with zero attached hydrogens (tertiary/aromatic N) is 6. The van der Waals surface area contributed by atoms with Crippen molar-refractivity contribution in [2.75, 3.05) is 5.73 Å². The molecule has 0 aliphatic heterocycles. The van der Waals surface area contributed by atoms with Gasteiger partial charge >= 0.3 is 0 Å². The number of imidazole rings is 1. The first-order valence-electron chi connectivity index (χ1n) is 6.02. The van der Waals surface area contributed by atoms with Crippen molar-refractivity contribution in [3.8, 4) is 0 Å². The van der Waals surface area contributed by atoms with Crippen LogP contribution < -0.4 is 5.73 Å². The molecule has 7 nitrogen and oxygen atoms in total. The van der Waals surface area contributed by atoms with Crippen molar-refractivity contribution in [2.45, 2.75) is 27.3 Å². The molecule has 0 unspecified atom stereocenters. The zero-order valence-electron chi connectivity index (χ0n) is 11.1. The second-order valence-corrected chi connectivity index (χ2v) is 4.66. The molecule has 0 spiro atoms. The van der Waals surface area contributed by atoms with Gasteiger partial charge in [-0.1, -0.05) is 5.21 Å². The van der Waals surface area contributed by atoms with Gasteiger partial charge in [0.2, 0.25) is 5.78 Å². The van der Waals surface area contributed by atoms with Gasteiger partial charge in [0.15, 0.2) is 5.82 Å². The summed E-state index contributed by atoms with van der Waals surface area (Å²) in [7, 11) is 0. The summed E-state index contributed by atoms with van der Waals surface area (Å²) in [5.74, 6) is 1.16. The number of aryl methyl sites for hydroxylation is 2.